The second kappa shape index (κ2) is 8.60. The standard InChI is InChI=1S/C25H25N3O3/c1-15-3-8-20-21(13-15)28-25(26)24-23(20)18(9-11-27-24)5-4-17-6-7-19(14-16(17)2)31-12-10-22(29)30/h3,6-9,11,13-14H,4-5,10,12H2,1-2H3,(H2,26,28)(H,29,30). The molecule has 31 heavy (non-hydrogen) atoms. The number of aromatic nitrogens is 2. The number of nitrogens with two attached hydrogens (primary N) is 1. The number of benzene rings is 2. The van der Waals surface area contributed by atoms with Crippen LogP contribution in [-0.4, -0.2) is 27.7 Å². The minimum atomic E-state index is -0.864. The lowest BCUT2D eigenvalue weighted by atomic mass is 9.96. The number of hydrogen-bond acceptors (Lipinski definition) is 5. The van der Waals surface area contributed by atoms with Gasteiger partial charge in [-0.1, -0.05) is 18.2 Å². The van der Waals surface area contributed by atoms with E-state index in [9.17, 15) is 4.79 Å². The van der Waals surface area contributed by atoms with E-state index < -0.39 is 5.97 Å². The van der Waals surface area contributed by atoms with Crippen LogP contribution in [0.3, 0.4) is 0 Å². The third-order valence-corrected chi connectivity index (χ3v) is 5.51. The Balaban J connectivity index is 1.61. The second-order valence-electron chi connectivity index (χ2n) is 7.79. The molecule has 158 valence electrons. The van der Waals surface area contributed by atoms with Crippen LogP contribution in [0.4, 0.5) is 5.82 Å². The number of carboxylic acids is 1. The van der Waals surface area contributed by atoms with Gasteiger partial charge < -0.3 is 15.6 Å². The second-order valence-corrected chi connectivity index (χ2v) is 7.79. The first-order chi connectivity index (χ1) is 14.9. The summed E-state index contributed by atoms with van der Waals surface area (Å²) in [6.07, 6.45) is 3.48. The summed E-state index contributed by atoms with van der Waals surface area (Å²) in [4.78, 5) is 19.7. The zero-order valence-corrected chi connectivity index (χ0v) is 17.7. The third kappa shape index (κ3) is 4.43. The van der Waals surface area contributed by atoms with Crippen molar-refractivity contribution in [3.8, 4) is 5.75 Å². The fourth-order valence-electron chi connectivity index (χ4n) is 3.90. The van der Waals surface area contributed by atoms with Gasteiger partial charge in [0, 0.05) is 17.0 Å². The molecule has 2 aromatic heterocycles. The van der Waals surface area contributed by atoms with E-state index in [0.29, 0.717) is 11.6 Å². The first-order valence-corrected chi connectivity index (χ1v) is 10.3. The molecule has 4 aromatic rings. The van der Waals surface area contributed by atoms with Crippen LogP contribution in [0, 0.1) is 13.8 Å². The molecule has 6 nitrogen and oxygen atoms in total. The summed E-state index contributed by atoms with van der Waals surface area (Å²) in [6.45, 7) is 4.26. The lowest BCUT2D eigenvalue weighted by Gasteiger charge is -2.13. The van der Waals surface area contributed by atoms with Crippen molar-refractivity contribution in [3.05, 3.63) is 70.9 Å². The summed E-state index contributed by atoms with van der Waals surface area (Å²) >= 11 is 0. The van der Waals surface area contributed by atoms with Gasteiger partial charge in [0.25, 0.3) is 0 Å². The highest BCUT2D eigenvalue weighted by Crippen LogP contribution is 2.30. The van der Waals surface area contributed by atoms with Crippen molar-refractivity contribution in [2.24, 2.45) is 0 Å². The van der Waals surface area contributed by atoms with Gasteiger partial charge in [-0.3, -0.25) is 9.78 Å². The molecule has 0 atom stereocenters. The van der Waals surface area contributed by atoms with Gasteiger partial charge >= 0.3 is 5.97 Å². The van der Waals surface area contributed by atoms with Crippen molar-refractivity contribution in [2.75, 3.05) is 12.3 Å². The molecule has 6 heteroatoms. The first kappa shape index (κ1) is 20.6. The number of aliphatic carboxylic acids is 1. The van der Waals surface area contributed by atoms with Crippen LogP contribution in [0.25, 0.3) is 21.8 Å². The lowest BCUT2D eigenvalue weighted by Crippen LogP contribution is -2.05. The van der Waals surface area contributed by atoms with Gasteiger partial charge in [-0.15, -0.1) is 0 Å². The van der Waals surface area contributed by atoms with Gasteiger partial charge in [-0.05, 0) is 73.2 Å². The summed E-state index contributed by atoms with van der Waals surface area (Å²) in [5.41, 5.74) is 12.5. The summed E-state index contributed by atoms with van der Waals surface area (Å²) in [5.74, 6) is 0.280. The highest BCUT2D eigenvalue weighted by atomic mass is 16.5. The largest absolute Gasteiger partial charge is 0.493 e. The zero-order valence-electron chi connectivity index (χ0n) is 17.7. The van der Waals surface area contributed by atoms with Gasteiger partial charge in [-0.25, -0.2) is 4.98 Å². The third-order valence-electron chi connectivity index (χ3n) is 5.51. The van der Waals surface area contributed by atoms with E-state index in [1.807, 2.05) is 32.0 Å². The number of rotatable bonds is 7. The number of ether oxygens (including phenoxy) is 1. The van der Waals surface area contributed by atoms with Crippen LogP contribution < -0.4 is 10.5 Å². The fraction of sp³-hybridized carbons (Fsp3) is 0.240. The average molecular weight is 415 g/mol. The van der Waals surface area contributed by atoms with Crippen molar-refractivity contribution in [3.63, 3.8) is 0 Å². The van der Waals surface area contributed by atoms with E-state index in [0.717, 1.165) is 45.8 Å². The van der Waals surface area contributed by atoms with Crippen molar-refractivity contribution >= 4 is 33.6 Å². The SMILES string of the molecule is Cc1ccc2c(c1)nc(N)c1nccc(CCc3ccc(OCCC(=O)O)cc3C)c12. The molecule has 0 aliphatic carbocycles. The molecule has 3 N–H and O–H groups in total. The first-order valence-electron chi connectivity index (χ1n) is 10.3. The number of hydrogen-bond donors (Lipinski definition) is 2. The molecular weight excluding hydrogens is 390 g/mol. The number of pyridine rings is 2. The molecule has 0 aliphatic heterocycles. The summed E-state index contributed by atoms with van der Waals surface area (Å²) in [7, 11) is 0. The Kier molecular flexibility index (Phi) is 5.71. The fourth-order valence-corrected chi connectivity index (χ4v) is 3.90. The van der Waals surface area contributed by atoms with E-state index in [1.165, 1.54) is 11.1 Å². The average Bonchev–Trinajstić information content (AvgIpc) is 2.73. The number of nitrogen functional groups attached to an aromatic ring is 1. The van der Waals surface area contributed by atoms with E-state index >= 15 is 0 Å². The van der Waals surface area contributed by atoms with Crippen LogP contribution in [-0.2, 0) is 17.6 Å². The van der Waals surface area contributed by atoms with Crippen LogP contribution in [0.2, 0.25) is 0 Å². The zero-order chi connectivity index (χ0) is 22.0. The van der Waals surface area contributed by atoms with E-state index in [4.69, 9.17) is 15.6 Å². The minimum Gasteiger partial charge on any atom is -0.493 e. The molecule has 0 spiro atoms. The van der Waals surface area contributed by atoms with Crippen LogP contribution in [0.15, 0.2) is 48.7 Å². The normalized spacial score (nSPS) is 11.2. The maximum atomic E-state index is 10.6. The monoisotopic (exact) mass is 415 g/mol. The molecular formula is C25H25N3O3. The smallest absolute Gasteiger partial charge is 0.306 e. The molecule has 0 radical (unpaired) electrons. The minimum absolute atomic E-state index is 0.0125. The molecule has 0 fully saturated rings. The van der Waals surface area contributed by atoms with Gasteiger partial charge in [-0.2, -0.15) is 0 Å². The van der Waals surface area contributed by atoms with Gasteiger partial charge in [0.2, 0.25) is 0 Å². The molecule has 0 bridgehead atoms. The van der Waals surface area contributed by atoms with E-state index in [2.05, 4.69) is 34.2 Å². The molecule has 0 saturated carbocycles. The number of fused-ring (bicyclic) bond motifs is 3. The van der Waals surface area contributed by atoms with Crippen LogP contribution >= 0.6 is 0 Å². The van der Waals surface area contributed by atoms with Gasteiger partial charge in [0.05, 0.1) is 18.5 Å². The lowest BCUT2D eigenvalue weighted by molar-refractivity contribution is -0.137. The van der Waals surface area contributed by atoms with E-state index in [1.54, 1.807) is 6.20 Å². The van der Waals surface area contributed by atoms with Crippen molar-refractivity contribution in [1.82, 2.24) is 9.97 Å². The Bertz CT molecular complexity index is 1280. The number of aryl methyl sites for hydroxylation is 4. The topological polar surface area (TPSA) is 98.3 Å². The van der Waals surface area contributed by atoms with Gasteiger partial charge in [0.1, 0.15) is 11.3 Å². The van der Waals surface area contributed by atoms with Crippen molar-refractivity contribution in [1.29, 1.82) is 0 Å². The summed E-state index contributed by atoms with van der Waals surface area (Å²) in [5, 5.41) is 10.9. The molecule has 0 amide bonds. The molecule has 2 aromatic carbocycles. The Morgan fingerprint density at radius 1 is 1.06 bits per heavy atom. The quantitative estimate of drug-likeness (QED) is 0.427. The Labute approximate surface area is 180 Å². The maximum Gasteiger partial charge on any atom is 0.306 e. The summed E-state index contributed by atoms with van der Waals surface area (Å²) < 4.78 is 5.53. The number of carboxylic acid groups (broad SMARTS) is 1. The Morgan fingerprint density at radius 3 is 2.65 bits per heavy atom. The number of nitrogens with zero attached hydrogens (tertiary/aromatic N) is 2. The molecule has 0 unspecified atom stereocenters. The highest BCUT2D eigenvalue weighted by molar-refractivity contribution is 6.09. The highest BCUT2D eigenvalue weighted by Gasteiger charge is 2.12. The van der Waals surface area contributed by atoms with Gasteiger partial charge in [0.15, 0.2) is 5.82 Å². The van der Waals surface area contributed by atoms with E-state index in [-0.39, 0.29) is 13.0 Å². The Hall–Kier alpha value is -3.67. The molecule has 2 heterocycles. The predicted molar refractivity (Wildman–Crippen MR) is 123 cm³/mol. The number of anilines is 1. The molecule has 0 aliphatic rings. The van der Waals surface area contributed by atoms with Crippen LogP contribution in [0.5, 0.6) is 5.75 Å². The van der Waals surface area contributed by atoms with Crippen molar-refractivity contribution in [2.45, 2.75) is 33.1 Å². The van der Waals surface area contributed by atoms with Crippen LogP contribution in [0.1, 0.15) is 28.7 Å². The Morgan fingerprint density at radius 2 is 1.87 bits per heavy atom. The maximum absolute atomic E-state index is 10.6. The predicted octanol–water partition coefficient (Wildman–Crippen LogP) is 4.62. The van der Waals surface area contributed by atoms with Crippen molar-refractivity contribution < 1.29 is 14.6 Å². The molecule has 4 rings (SSSR count). The summed E-state index contributed by atoms with van der Waals surface area (Å²) in [6, 6.07) is 14.2. The number of carbonyl (C=O) groups is 1. The molecule has 0 saturated heterocycles.